The number of hydrogen-bond acceptors (Lipinski definition) is 4. The molecule has 0 spiro atoms. The number of rotatable bonds is 3. The molecule has 25 heavy (non-hydrogen) atoms. The van der Waals surface area contributed by atoms with E-state index in [4.69, 9.17) is 5.73 Å². The van der Waals surface area contributed by atoms with Gasteiger partial charge in [-0.15, -0.1) is 11.3 Å². The highest BCUT2D eigenvalue weighted by molar-refractivity contribution is 7.20. The van der Waals surface area contributed by atoms with E-state index in [9.17, 15) is 9.59 Å². The minimum Gasteiger partial charge on any atom is -0.365 e. The van der Waals surface area contributed by atoms with Crippen molar-refractivity contribution >= 4 is 27.5 Å². The molecule has 0 saturated heterocycles. The molecule has 6 heteroatoms. The summed E-state index contributed by atoms with van der Waals surface area (Å²) >= 11 is 1.17. The number of hydrogen-bond donors (Lipinski definition) is 1. The number of aryl methyl sites for hydroxylation is 1. The van der Waals surface area contributed by atoms with Crippen molar-refractivity contribution in [2.45, 2.75) is 39.7 Å². The summed E-state index contributed by atoms with van der Waals surface area (Å²) in [5.41, 5.74) is 8.21. The Morgan fingerprint density at radius 3 is 2.44 bits per heavy atom. The summed E-state index contributed by atoms with van der Waals surface area (Å²) in [6.45, 7) is 8.68. The first-order valence-corrected chi connectivity index (χ1v) is 8.88. The number of aromatic nitrogens is 2. The quantitative estimate of drug-likeness (QED) is 0.783. The van der Waals surface area contributed by atoms with Crippen molar-refractivity contribution in [3.05, 3.63) is 62.5 Å². The lowest BCUT2D eigenvalue weighted by atomic mass is 9.87. The summed E-state index contributed by atoms with van der Waals surface area (Å²) in [5.74, 6) is -0.524. The van der Waals surface area contributed by atoms with E-state index in [0.717, 1.165) is 5.56 Å². The van der Waals surface area contributed by atoms with E-state index in [1.165, 1.54) is 23.2 Å². The van der Waals surface area contributed by atoms with Crippen molar-refractivity contribution in [3.8, 4) is 0 Å². The molecule has 2 aromatic heterocycles. The normalized spacial score (nSPS) is 11.8. The number of nitrogens with two attached hydrogens (primary N) is 1. The Morgan fingerprint density at radius 2 is 1.88 bits per heavy atom. The number of fused-ring (bicyclic) bond motifs is 1. The average molecular weight is 355 g/mol. The van der Waals surface area contributed by atoms with Crippen LogP contribution in [0.4, 0.5) is 0 Å². The Kier molecular flexibility index (Phi) is 4.24. The fourth-order valence-electron chi connectivity index (χ4n) is 2.81. The zero-order valence-electron chi connectivity index (χ0n) is 14.8. The zero-order chi connectivity index (χ0) is 18.4. The van der Waals surface area contributed by atoms with Crippen molar-refractivity contribution in [2.24, 2.45) is 5.73 Å². The van der Waals surface area contributed by atoms with Crippen molar-refractivity contribution in [1.82, 2.24) is 9.55 Å². The van der Waals surface area contributed by atoms with Crippen LogP contribution in [-0.2, 0) is 12.0 Å². The Morgan fingerprint density at radius 1 is 1.24 bits per heavy atom. The van der Waals surface area contributed by atoms with E-state index in [2.05, 4.69) is 37.9 Å². The molecule has 0 atom stereocenters. The molecule has 0 aliphatic heterocycles. The van der Waals surface area contributed by atoms with Gasteiger partial charge in [0.2, 0.25) is 0 Å². The van der Waals surface area contributed by atoms with E-state index in [1.54, 1.807) is 11.5 Å². The lowest BCUT2D eigenvalue weighted by molar-refractivity contribution is 0.100. The fourth-order valence-corrected chi connectivity index (χ4v) is 3.81. The molecule has 0 aliphatic carbocycles. The number of primary amides is 1. The molecule has 130 valence electrons. The number of benzene rings is 1. The molecule has 0 radical (unpaired) electrons. The third-order valence-electron chi connectivity index (χ3n) is 4.31. The summed E-state index contributed by atoms with van der Waals surface area (Å²) in [7, 11) is 0. The molecule has 0 aliphatic rings. The van der Waals surface area contributed by atoms with Crippen molar-refractivity contribution < 1.29 is 4.79 Å². The van der Waals surface area contributed by atoms with E-state index in [-0.39, 0.29) is 11.0 Å². The molecule has 0 bridgehead atoms. The van der Waals surface area contributed by atoms with Gasteiger partial charge in [-0.2, -0.15) is 0 Å². The van der Waals surface area contributed by atoms with Crippen LogP contribution in [0.1, 0.15) is 47.1 Å². The smallest absolute Gasteiger partial charge is 0.262 e. The third kappa shape index (κ3) is 3.22. The number of amides is 1. The second-order valence-electron chi connectivity index (χ2n) is 7.23. The van der Waals surface area contributed by atoms with Crippen molar-refractivity contribution in [1.29, 1.82) is 0 Å². The maximum absolute atomic E-state index is 12.8. The molecule has 2 heterocycles. The van der Waals surface area contributed by atoms with Crippen LogP contribution in [0.3, 0.4) is 0 Å². The topological polar surface area (TPSA) is 78.0 Å². The van der Waals surface area contributed by atoms with Crippen LogP contribution >= 0.6 is 11.3 Å². The van der Waals surface area contributed by atoms with Gasteiger partial charge in [-0.3, -0.25) is 14.2 Å². The number of carbonyl (C=O) groups is 1. The van der Waals surface area contributed by atoms with Crippen LogP contribution in [0.15, 0.2) is 35.4 Å². The van der Waals surface area contributed by atoms with Gasteiger partial charge < -0.3 is 5.73 Å². The standard InChI is InChI=1S/C19H21N3O2S/c1-11-14-17(25-15(11)16(20)23)21-10-22(18(14)24)9-12-5-7-13(8-6-12)19(2,3)4/h5-8,10H,9H2,1-4H3,(H2,20,23). The van der Waals surface area contributed by atoms with E-state index in [0.29, 0.717) is 27.2 Å². The second kappa shape index (κ2) is 6.11. The first-order chi connectivity index (χ1) is 11.7. The molecule has 0 fully saturated rings. The molecule has 0 saturated carbocycles. The number of carbonyl (C=O) groups excluding carboxylic acids is 1. The minimum atomic E-state index is -0.524. The van der Waals surface area contributed by atoms with Gasteiger partial charge in [0.1, 0.15) is 4.83 Å². The Hall–Kier alpha value is -2.47. The fraction of sp³-hybridized carbons (Fsp3) is 0.316. The van der Waals surface area contributed by atoms with Crippen molar-refractivity contribution in [3.63, 3.8) is 0 Å². The lowest BCUT2D eigenvalue weighted by Gasteiger charge is -2.19. The predicted octanol–water partition coefficient (Wildman–Crippen LogP) is 3.21. The predicted molar refractivity (Wildman–Crippen MR) is 101 cm³/mol. The van der Waals surface area contributed by atoms with E-state index < -0.39 is 5.91 Å². The molecule has 2 N–H and O–H groups in total. The van der Waals surface area contributed by atoms with Gasteiger partial charge in [0.15, 0.2) is 0 Å². The summed E-state index contributed by atoms with van der Waals surface area (Å²) in [6, 6.07) is 8.25. The van der Waals surface area contributed by atoms with Crippen molar-refractivity contribution in [2.75, 3.05) is 0 Å². The molecule has 1 aromatic carbocycles. The molecular formula is C19H21N3O2S. The lowest BCUT2D eigenvalue weighted by Crippen LogP contribution is -2.21. The van der Waals surface area contributed by atoms with E-state index >= 15 is 0 Å². The van der Waals surface area contributed by atoms with Gasteiger partial charge in [0.05, 0.1) is 23.1 Å². The van der Waals surface area contributed by atoms with Crippen LogP contribution in [-0.4, -0.2) is 15.5 Å². The Balaban J connectivity index is 2.00. The maximum atomic E-state index is 12.8. The van der Waals surface area contributed by atoms with Gasteiger partial charge in [-0.1, -0.05) is 45.0 Å². The van der Waals surface area contributed by atoms with Crippen LogP contribution in [0.5, 0.6) is 0 Å². The second-order valence-corrected chi connectivity index (χ2v) is 8.22. The third-order valence-corrected chi connectivity index (χ3v) is 5.53. The Bertz CT molecular complexity index is 1010. The molecule has 5 nitrogen and oxygen atoms in total. The summed E-state index contributed by atoms with van der Waals surface area (Å²) in [5, 5.41) is 0.479. The highest BCUT2D eigenvalue weighted by atomic mass is 32.1. The highest BCUT2D eigenvalue weighted by Gasteiger charge is 2.18. The van der Waals surface area contributed by atoms with Gasteiger partial charge in [0.25, 0.3) is 11.5 Å². The van der Waals surface area contributed by atoms with E-state index in [1.807, 2.05) is 12.1 Å². The van der Waals surface area contributed by atoms with Gasteiger partial charge in [-0.05, 0) is 29.0 Å². The number of nitrogens with zero attached hydrogens (tertiary/aromatic N) is 2. The maximum Gasteiger partial charge on any atom is 0.262 e. The first kappa shape index (κ1) is 17.4. The molecule has 1 amide bonds. The first-order valence-electron chi connectivity index (χ1n) is 8.06. The van der Waals surface area contributed by atoms with Gasteiger partial charge in [-0.25, -0.2) is 4.98 Å². The molecule has 3 aromatic rings. The summed E-state index contributed by atoms with van der Waals surface area (Å²) in [6.07, 6.45) is 1.53. The Labute approximate surface area is 150 Å². The number of thiophene rings is 1. The van der Waals surface area contributed by atoms with Crippen LogP contribution in [0.25, 0.3) is 10.2 Å². The SMILES string of the molecule is Cc1c(C(N)=O)sc2ncn(Cc3ccc(C(C)(C)C)cc3)c(=O)c12. The summed E-state index contributed by atoms with van der Waals surface area (Å²) in [4.78, 5) is 29.6. The monoisotopic (exact) mass is 355 g/mol. The molecule has 0 unspecified atom stereocenters. The van der Waals surface area contributed by atoms with Gasteiger partial charge in [0, 0.05) is 0 Å². The molecule has 3 rings (SSSR count). The largest absolute Gasteiger partial charge is 0.365 e. The van der Waals surface area contributed by atoms with Crippen LogP contribution in [0.2, 0.25) is 0 Å². The minimum absolute atomic E-state index is 0.0920. The average Bonchev–Trinajstić information content (AvgIpc) is 2.87. The summed E-state index contributed by atoms with van der Waals surface area (Å²) < 4.78 is 1.57. The zero-order valence-corrected chi connectivity index (χ0v) is 15.6. The highest BCUT2D eigenvalue weighted by Crippen LogP contribution is 2.26. The van der Waals surface area contributed by atoms with Crippen LogP contribution in [0, 0.1) is 6.92 Å². The van der Waals surface area contributed by atoms with Crippen LogP contribution < -0.4 is 11.3 Å². The van der Waals surface area contributed by atoms with Gasteiger partial charge >= 0.3 is 0 Å². The molecular weight excluding hydrogens is 334 g/mol.